The highest BCUT2D eigenvalue weighted by molar-refractivity contribution is 6.29. The average molecular weight is 341 g/mol. The maximum Gasteiger partial charge on any atom is 0.410 e. The summed E-state index contributed by atoms with van der Waals surface area (Å²) in [7, 11) is 0. The van der Waals surface area contributed by atoms with Crippen molar-refractivity contribution in [1.82, 2.24) is 19.8 Å². The molecule has 126 valence electrons. The van der Waals surface area contributed by atoms with E-state index in [2.05, 4.69) is 9.97 Å². The van der Waals surface area contributed by atoms with E-state index in [-0.39, 0.29) is 28.9 Å². The highest BCUT2D eigenvalue weighted by Crippen LogP contribution is 2.17. The van der Waals surface area contributed by atoms with Crippen LogP contribution in [0.25, 0.3) is 0 Å². The Morgan fingerprint density at radius 2 is 2.00 bits per heavy atom. The summed E-state index contributed by atoms with van der Waals surface area (Å²) in [6.45, 7) is 8.59. The van der Waals surface area contributed by atoms with Gasteiger partial charge >= 0.3 is 6.09 Å². The van der Waals surface area contributed by atoms with Crippen molar-refractivity contribution in [2.24, 2.45) is 0 Å². The van der Waals surface area contributed by atoms with Gasteiger partial charge in [-0.05, 0) is 27.7 Å². The van der Waals surface area contributed by atoms with E-state index in [1.54, 1.807) is 9.80 Å². The van der Waals surface area contributed by atoms with Gasteiger partial charge in [-0.3, -0.25) is 9.78 Å². The van der Waals surface area contributed by atoms with E-state index in [0.29, 0.717) is 19.6 Å². The van der Waals surface area contributed by atoms with Gasteiger partial charge < -0.3 is 14.5 Å². The first-order valence-electron chi connectivity index (χ1n) is 7.44. The Labute approximate surface area is 140 Å². The number of piperazine rings is 1. The molecule has 7 nitrogen and oxygen atoms in total. The zero-order valence-corrected chi connectivity index (χ0v) is 14.5. The molecule has 1 aromatic rings. The van der Waals surface area contributed by atoms with Crippen LogP contribution in [0.2, 0.25) is 5.15 Å². The summed E-state index contributed by atoms with van der Waals surface area (Å²) >= 11 is 5.78. The third-order valence-electron chi connectivity index (χ3n) is 3.36. The lowest BCUT2D eigenvalue weighted by Gasteiger charge is -2.39. The van der Waals surface area contributed by atoms with Crippen LogP contribution in [-0.4, -0.2) is 63.0 Å². The largest absolute Gasteiger partial charge is 0.444 e. The third kappa shape index (κ3) is 4.54. The van der Waals surface area contributed by atoms with Crippen LogP contribution in [0.3, 0.4) is 0 Å². The van der Waals surface area contributed by atoms with Gasteiger partial charge in [0.15, 0.2) is 0 Å². The molecule has 23 heavy (non-hydrogen) atoms. The van der Waals surface area contributed by atoms with Crippen LogP contribution < -0.4 is 0 Å². The van der Waals surface area contributed by atoms with Crippen molar-refractivity contribution < 1.29 is 14.3 Å². The van der Waals surface area contributed by atoms with E-state index in [1.165, 1.54) is 12.4 Å². The van der Waals surface area contributed by atoms with E-state index in [1.807, 2.05) is 27.7 Å². The minimum absolute atomic E-state index is 0.149. The first-order valence-corrected chi connectivity index (χ1v) is 7.81. The molecule has 0 radical (unpaired) electrons. The Morgan fingerprint density at radius 1 is 1.30 bits per heavy atom. The quantitative estimate of drug-likeness (QED) is 0.783. The number of carbonyl (C=O) groups is 2. The zero-order chi connectivity index (χ0) is 17.2. The Bertz CT molecular complexity index is 603. The summed E-state index contributed by atoms with van der Waals surface area (Å²) in [5.41, 5.74) is -0.334. The van der Waals surface area contributed by atoms with Crippen molar-refractivity contribution in [3.05, 3.63) is 23.2 Å². The van der Waals surface area contributed by atoms with E-state index in [4.69, 9.17) is 16.3 Å². The number of ether oxygens (including phenoxy) is 1. The molecule has 8 heteroatoms. The summed E-state index contributed by atoms with van der Waals surface area (Å²) in [6.07, 6.45) is 2.41. The second kappa shape index (κ2) is 6.70. The summed E-state index contributed by atoms with van der Waals surface area (Å²) in [5, 5.41) is 0.177. The molecular formula is C15H21ClN4O3. The molecule has 2 rings (SSSR count). The highest BCUT2D eigenvalue weighted by atomic mass is 35.5. The van der Waals surface area contributed by atoms with Crippen molar-refractivity contribution in [1.29, 1.82) is 0 Å². The number of amides is 2. The van der Waals surface area contributed by atoms with Gasteiger partial charge in [0.05, 0.1) is 12.4 Å². The van der Waals surface area contributed by atoms with Crippen LogP contribution >= 0.6 is 11.6 Å². The van der Waals surface area contributed by atoms with Gasteiger partial charge in [-0.1, -0.05) is 11.6 Å². The van der Waals surface area contributed by atoms with Crippen LogP contribution in [0, 0.1) is 0 Å². The average Bonchev–Trinajstić information content (AvgIpc) is 2.44. The van der Waals surface area contributed by atoms with Gasteiger partial charge in [-0.15, -0.1) is 0 Å². The molecule has 0 aromatic carbocycles. The van der Waals surface area contributed by atoms with Crippen molar-refractivity contribution in [3.8, 4) is 0 Å². The molecule has 0 N–H and O–H groups in total. The van der Waals surface area contributed by atoms with Crippen molar-refractivity contribution in [3.63, 3.8) is 0 Å². The molecule has 1 aliphatic heterocycles. The number of carbonyl (C=O) groups excluding carboxylic acids is 2. The summed E-state index contributed by atoms with van der Waals surface area (Å²) < 4.78 is 5.37. The molecule has 0 spiro atoms. The number of halogens is 1. The van der Waals surface area contributed by atoms with Crippen LogP contribution in [-0.2, 0) is 4.74 Å². The van der Waals surface area contributed by atoms with Crippen LogP contribution in [0.4, 0.5) is 4.79 Å². The smallest absolute Gasteiger partial charge is 0.410 e. The molecule has 2 amide bonds. The predicted molar refractivity (Wildman–Crippen MR) is 85.3 cm³/mol. The molecule has 0 saturated carbocycles. The molecular weight excluding hydrogens is 320 g/mol. The first kappa shape index (κ1) is 17.5. The second-order valence-electron chi connectivity index (χ2n) is 6.50. The molecule has 1 saturated heterocycles. The van der Waals surface area contributed by atoms with Gasteiger partial charge in [0.1, 0.15) is 16.4 Å². The predicted octanol–water partition coefficient (Wildman–Crippen LogP) is 2.21. The molecule has 0 aliphatic carbocycles. The standard InChI is InChI=1S/C15H21ClN4O3/c1-10-9-19(14(22)23-15(2,3)4)5-6-20(10)13(21)11-7-17-8-12(16)18-11/h7-8,10H,5-6,9H2,1-4H3/t10-/m1/s1. The lowest BCUT2D eigenvalue weighted by molar-refractivity contribution is 0.00605. The zero-order valence-electron chi connectivity index (χ0n) is 13.7. The van der Waals surface area contributed by atoms with E-state index >= 15 is 0 Å². The summed E-state index contributed by atoms with van der Waals surface area (Å²) in [4.78, 5) is 35.8. The third-order valence-corrected chi connectivity index (χ3v) is 3.55. The topological polar surface area (TPSA) is 75.6 Å². The molecule has 1 aromatic heterocycles. The SMILES string of the molecule is C[C@@H]1CN(C(=O)OC(C)(C)C)CCN1C(=O)c1cncc(Cl)n1. The second-order valence-corrected chi connectivity index (χ2v) is 6.89. The minimum Gasteiger partial charge on any atom is -0.444 e. The van der Waals surface area contributed by atoms with Crippen LogP contribution in [0.15, 0.2) is 12.4 Å². The van der Waals surface area contributed by atoms with Gasteiger partial charge in [0.2, 0.25) is 0 Å². The van der Waals surface area contributed by atoms with E-state index in [9.17, 15) is 9.59 Å². The van der Waals surface area contributed by atoms with Gasteiger partial charge in [0.25, 0.3) is 5.91 Å². The number of nitrogens with zero attached hydrogens (tertiary/aromatic N) is 4. The van der Waals surface area contributed by atoms with Gasteiger partial charge in [-0.25, -0.2) is 9.78 Å². The number of hydrogen-bond acceptors (Lipinski definition) is 5. The molecule has 1 aliphatic rings. The molecule has 1 fully saturated rings. The maximum atomic E-state index is 12.5. The lowest BCUT2D eigenvalue weighted by atomic mass is 10.1. The van der Waals surface area contributed by atoms with Crippen LogP contribution in [0.5, 0.6) is 0 Å². The first-order chi connectivity index (χ1) is 10.7. The van der Waals surface area contributed by atoms with E-state index < -0.39 is 5.60 Å². The van der Waals surface area contributed by atoms with Crippen molar-refractivity contribution in [2.75, 3.05) is 19.6 Å². The Morgan fingerprint density at radius 3 is 2.57 bits per heavy atom. The fourth-order valence-electron chi connectivity index (χ4n) is 2.34. The Hall–Kier alpha value is -1.89. The fraction of sp³-hybridized carbons (Fsp3) is 0.600. The summed E-state index contributed by atoms with van der Waals surface area (Å²) in [5.74, 6) is -0.240. The molecule has 2 heterocycles. The van der Waals surface area contributed by atoms with E-state index in [0.717, 1.165) is 0 Å². The van der Waals surface area contributed by atoms with Gasteiger partial charge in [-0.2, -0.15) is 0 Å². The number of aromatic nitrogens is 2. The number of rotatable bonds is 1. The van der Waals surface area contributed by atoms with Gasteiger partial charge in [0, 0.05) is 25.7 Å². The maximum absolute atomic E-state index is 12.5. The summed E-state index contributed by atoms with van der Waals surface area (Å²) in [6, 6.07) is -0.149. The monoisotopic (exact) mass is 340 g/mol. The van der Waals surface area contributed by atoms with Crippen molar-refractivity contribution in [2.45, 2.75) is 39.3 Å². The fourth-order valence-corrected chi connectivity index (χ4v) is 2.49. The normalized spacial score (nSPS) is 18.7. The number of hydrogen-bond donors (Lipinski definition) is 0. The van der Waals surface area contributed by atoms with Crippen molar-refractivity contribution >= 4 is 23.6 Å². The molecule has 1 atom stereocenters. The lowest BCUT2D eigenvalue weighted by Crippen LogP contribution is -2.56. The van der Waals surface area contributed by atoms with Crippen LogP contribution in [0.1, 0.15) is 38.2 Å². The highest BCUT2D eigenvalue weighted by Gasteiger charge is 2.32. The molecule has 0 unspecified atom stereocenters. The molecule has 0 bridgehead atoms. The Kier molecular flexibility index (Phi) is 5.09. The Balaban J connectivity index is 2.01. The minimum atomic E-state index is -0.538.